The molecule has 0 saturated heterocycles. The van der Waals surface area contributed by atoms with Crippen molar-refractivity contribution in [3.05, 3.63) is 36.7 Å². The molecule has 0 bridgehead atoms. The summed E-state index contributed by atoms with van der Waals surface area (Å²) in [5.41, 5.74) is 1.19. The number of nitrogens with zero attached hydrogens (tertiary/aromatic N) is 1. The van der Waals surface area contributed by atoms with Crippen molar-refractivity contribution in [3.63, 3.8) is 0 Å². The van der Waals surface area contributed by atoms with Crippen LogP contribution in [0.1, 0.15) is 12.5 Å². The minimum Gasteiger partial charge on any atom is -0.488 e. The van der Waals surface area contributed by atoms with Gasteiger partial charge in [0.15, 0.2) is 0 Å². The predicted octanol–water partition coefficient (Wildman–Crippen LogP) is 2.21. The van der Waals surface area contributed by atoms with Gasteiger partial charge >= 0.3 is 0 Å². The van der Waals surface area contributed by atoms with E-state index in [4.69, 9.17) is 4.74 Å². The second kappa shape index (κ2) is 4.54. The minimum atomic E-state index is 0.537. The lowest BCUT2D eigenvalue weighted by atomic mass is 10.2. The van der Waals surface area contributed by atoms with Gasteiger partial charge in [-0.3, -0.25) is 4.98 Å². The summed E-state index contributed by atoms with van der Waals surface area (Å²) in [4.78, 5) is 4.05. The fourth-order valence-corrected chi connectivity index (χ4v) is 0.891. The molecule has 1 heterocycles. The van der Waals surface area contributed by atoms with Crippen molar-refractivity contribution in [1.82, 2.24) is 4.98 Å². The summed E-state index contributed by atoms with van der Waals surface area (Å²) in [5.74, 6) is 0.814. The summed E-state index contributed by atoms with van der Waals surface area (Å²) in [6.07, 6.45) is 6.26. The molecule has 0 fully saturated rings. The van der Waals surface area contributed by atoms with Crippen LogP contribution in [0.4, 0.5) is 0 Å². The van der Waals surface area contributed by atoms with E-state index in [-0.39, 0.29) is 0 Å². The number of aryl methyl sites for hydroxylation is 1. The van der Waals surface area contributed by atoms with Gasteiger partial charge in [0.05, 0.1) is 6.20 Å². The van der Waals surface area contributed by atoms with E-state index in [0.717, 1.165) is 12.2 Å². The van der Waals surface area contributed by atoms with Crippen molar-refractivity contribution in [2.45, 2.75) is 13.3 Å². The van der Waals surface area contributed by atoms with Crippen molar-refractivity contribution in [3.8, 4) is 5.75 Å². The van der Waals surface area contributed by atoms with E-state index >= 15 is 0 Å². The van der Waals surface area contributed by atoms with Crippen LogP contribution in [-0.2, 0) is 6.42 Å². The lowest BCUT2D eigenvalue weighted by Crippen LogP contribution is -1.94. The third kappa shape index (κ3) is 2.38. The Morgan fingerprint density at radius 2 is 2.42 bits per heavy atom. The molecule has 2 nitrogen and oxygen atoms in total. The number of aromatic nitrogens is 1. The van der Waals surface area contributed by atoms with E-state index in [9.17, 15) is 0 Å². The number of rotatable bonds is 4. The Balaban J connectivity index is 2.65. The molecule has 0 radical (unpaired) electrons. The zero-order valence-electron chi connectivity index (χ0n) is 7.29. The summed E-state index contributed by atoms with van der Waals surface area (Å²) >= 11 is 0. The first-order valence-electron chi connectivity index (χ1n) is 4.04. The van der Waals surface area contributed by atoms with Gasteiger partial charge in [-0.1, -0.05) is 19.6 Å². The average Bonchev–Trinajstić information content (AvgIpc) is 2.15. The molecule has 0 aliphatic carbocycles. The lowest BCUT2D eigenvalue weighted by molar-refractivity contribution is 0.361. The summed E-state index contributed by atoms with van der Waals surface area (Å²) in [5, 5.41) is 0. The monoisotopic (exact) mass is 163 g/mol. The highest BCUT2D eigenvalue weighted by atomic mass is 16.5. The van der Waals surface area contributed by atoms with E-state index in [0.29, 0.717) is 6.61 Å². The van der Waals surface area contributed by atoms with Gasteiger partial charge in [-0.05, 0) is 18.1 Å². The van der Waals surface area contributed by atoms with Crippen LogP contribution in [0.3, 0.4) is 0 Å². The van der Waals surface area contributed by atoms with Gasteiger partial charge in [0.1, 0.15) is 12.4 Å². The molecular weight excluding hydrogens is 150 g/mol. The van der Waals surface area contributed by atoms with E-state index < -0.39 is 0 Å². The molecule has 0 spiro atoms. The molecular formula is C10H13NO. The molecule has 0 saturated carbocycles. The van der Waals surface area contributed by atoms with Gasteiger partial charge in [0.2, 0.25) is 0 Å². The predicted molar refractivity (Wildman–Crippen MR) is 49.3 cm³/mol. The Morgan fingerprint density at radius 3 is 3.08 bits per heavy atom. The van der Waals surface area contributed by atoms with Crippen molar-refractivity contribution in [2.24, 2.45) is 0 Å². The van der Waals surface area contributed by atoms with Crippen LogP contribution >= 0.6 is 0 Å². The standard InChI is InChI=1S/C10H13NO/c1-3-5-12-10-6-9(4-2)7-11-8-10/h3,6-8H,1,4-5H2,2H3. The Bertz CT molecular complexity index is 258. The highest BCUT2D eigenvalue weighted by Crippen LogP contribution is 2.10. The summed E-state index contributed by atoms with van der Waals surface area (Å²) < 4.78 is 5.32. The molecule has 12 heavy (non-hydrogen) atoms. The second-order valence-corrected chi connectivity index (χ2v) is 2.48. The SMILES string of the molecule is C=CCOc1cncc(CC)c1. The summed E-state index contributed by atoms with van der Waals surface area (Å²) in [6, 6.07) is 2.00. The van der Waals surface area contributed by atoms with Gasteiger partial charge < -0.3 is 4.74 Å². The third-order valence-electron chi connectivity index (χ3n) is 1.55. The number of ether oxygens (including phenoxy) is 1. The first-order chi connectivity index (χ1) is 5.86. The smallest absolute Gasteiger partial charge is 0.138 e. The van der Waals surface area contributed by atoms with Crippen molar-refractivity contribution in [1.29, 1.82) is 0 Å². The van der Waals surface area contributed by atoms with Gasteiger partial charge in [0, 0.05) is 6.20 Å². The normalized spacial score (nSPS) is 9.42. The van der Waals surface area contributed by atoms with Crippen LogP contribution < -0.4 is 4.74 Å². The fraction of sp³-hybridized carbons (Fsp3) is 0.300. The van der Waals surface area contributed by atoms with E-state index in [1.54, 1.807) is 12.3 Å². The molecule has 0 atom stereocenters. The molecule has 0 unspecified atom stereocenters. The molecule has 64 valence electrons. The highest BCUT2D eigenvalue weighted by molar-refractivity contribution is 5.23. The molecule has 0 aliphatic rings. The van der Waals surface area contributed by atoms with E-state index in [1.807, 2.05) is 12.3 Å². The fourth-order valence-electron chi connectivity index (χ4n) is 0.891. The third-order valence-corrected chi connectivity index (χ3v) is 1.55. The Morgan fingerprint density at radius 1 is 1.58 bits per heavy atom. The topological polar surface area (TPSA) is 22.1 Å². The maximum atomic E-state index is 5.32. The Hall–Kier alpha value is -1.31. The minimum absolute atomic E-state index is 0.537. The van der Waals surface area contributed by atoms with Crippen molar-refractivity contribution in [2.75, 3.05) is 6.61 Å². The van der Waals surface area contributed by atoms with Gasteiger partial charge in [0.25, 0.3) is 0 Å². The van der Waals surface area contributed by atoms with Crippen molar-refractivity contribution >= 4 is 0 Å². The molecule has 0 aliphatic heterocycles. The van der Waals surface area contributed by atoms with Crippen LogP contribution in [-0.4, -0.2) is 11.6 Å². The van der Waals surface area contributed by atoms with Gasteiger partial charge in [-0.2, -0.15) is 0 Å². The van der Waals surface area contributed by atoms with Gasteiger partial charge in [-0.25, -0.2) is 0 Å². The van der Waals surface area contributed by atoms with Crippen molar-refractivity contribution < 1.29 is 4.74 Å². The molecule has 0 aromatic carbocycles. The number of hydrogen-bond donors (Lipinski definition) is 0. The summed E-state index contributed by atoms with van der Waals surface area (Å²) in [7, 11) is 0. The number of pyridine rings is 1. The molecule has 1 aromatic heterocycles. The van der Waals surface area contributed by atoms with E-state index in [1.165, 1.54) is 5.56 Å². The molecule has 1 aromatic rings. The highest BCUT2D eigenvalue weighted by Gasteiger charge is 1.93. The van der Waals surface area contributed by atoms with Crippen LogP contribution in [0.25, 0.3) is 0 Å². The van der Waals surface area contributed by atoms with Crippen LogP contribution in [0.2, 0.25) is 0 Å². The van der Waals surface area contributed by atoms with Crippen LogP contribution in [0.15, 0.2) is 31.1 Å². The van der Waals surface area contributed by atoms with E-state index in [2.05, 4.69) is 18.5 Å². The zero-order chi connectivity index (χ0) is 8.81. The maximum absolute atomic E-state index is 5.32. The lowest BCUT2D eigenvalue weighted by Gasteiger charge is -2.03. The number of hydrogen-bond acceptors (Lipinski definition) is 2. The molecule has 0 amide bonds. The van der Waals surface area contributed by atoms with Crippen LogP contribution in [0.5, 0.6) is 5.75 Å². The second-order valence-electron chi connectivity index (χ2n) is 2.48. The average molecular weight is 163 g/mol. The molecule has 2 heteroatoms. The Kier molecular flexibility index (Phi) is 3.33. The largest absolute Gasteiger partial charge is 0.488 e. The molecule has 0 N–H and O–H groups in total. The zero-order valence-corrected chi connectivity index (χ0v) is 7.29. The quantitative estimate of drug-likeness (QED) is 0.635. The molecule has 1 rings (SSSR count). The first kappa shape index (κ1) is 8.78. The van der Waals surface area contributed by atoms with Gasteiger partial charge in [-0.15, -0.1) is 0 Å². The first-order valence-corrected chi connectivity index (χ1v) is 4.04. The Labute approximate surface area is 72.9 Å². The van der Waals surface area contributed by atoms with Crippen LogP contribution in [0, 0.1) is 0 Å². The maximum Gasteiger partial charge on any atom is 0.138 e. The summed E-state index contributed by atoms with van der Waals surface area (Å²) in [6.45, 7) is 6.20.